The molecular weight excluding hydrogens is 192 g/mol. The van der Waals surface area contributed by atoms with Crippen molar-refractivity contribution in [3.8, 4) is 0 Å². The molecule has 0 unspecified atom stereocenters. The third kappa shape index (κ3) is 1.36. The molecule has 1 aromatic carbocycles. The minimum atomic E-state index is 0.166. The van der Waals surface area contributed by atoms with Crippen LogP contribution >= 0.6 is 11.3 Å². The van der Waals surface area contributed by atoms with E-state index in [2.05, 4.69) is 25.1 Å². The van der Waals surface area contributed by atoms with E-state index in [0.29, 0.717) is 0 Å². The van der Waals surface area contributed by atoms with Crippen LogP contribution in [-0.2, 0) is 0 Å². The van der Waals surface area contributed by atoms with Gasteiger partial charge >= 0.3 is 0 Å². The number of carbonyl (C=O) groups is 1. The Morgan fingerprint density at radius 3 is 2.64 bits per heavy atom. The van der Waals surface area contributed by atoms with Crippen LogP contribution in [0.5, 0.6) is 0 Å². The summed E-state index contributed by atoms with van der Waals surface area (Å²) in [6.45, 7) is 5.70. The van der Waals surface area contributed by atoms with Gasteiger partial charge in [-0.3, -0.25) is 4.79 Å². The van der Waals surface area contributed by atoms with Crippen molar-refractivity contribution in [2.75, 3.05) is 0 Å². The molecule has 0 saturated carbocycles. The van der Waals surface area contributed by atoms with Gasteiger partial charge in [-0.25, -0.2) is 0 Å². The van der Waals surface area contributed by atoms with Gasteiger partial charge in [0, 0.05) is 20.5 Å². The van der Waals surface area contributed by atoms with Crippen molar-refractivity contribution in [1.29, 1.82) is 0 Å². The highest BCUT2D eigenvalue weighted by Crippen LogP contribution is 2.31. The summed E-state index contributed by atoms with van der Waals surface area (Å²) >= 11 is 1.69. The van der Waals surface area contributed by atoms with Crippen LogP contribution in [0.1, 0.15) is 27.7 Å². The number of hydrogen-bond acceptors (Lipinski definition) is 2. The highest BCUT2D eigenvalue weighted by atomic mass is 32.1. The van der Waals surface area contributed by atoms with Gasteiger partial charge in [0.05, 0.1) is 0 Å². The second-order valence-corrected chi connectivity index (χ2v) is 4.85. The number of rotatable bonds is 1. The summed E-state index contributed by atoms with van der Waals surface area (Å²) in [4.78, 5) is 12.6. The zero-order valence-electron chi connectivity index (χ0n) is 8.55. The number of aryl methyl sites for hydroxylation is 2. The molecule has 0 fully saturated rings. The molecule has 0 aliphatic rings. The Morgan fingerprint density at radius 1 is 1.29 bits per heavy atom. The van der Waals surface area contributed by atoms with E-state index in [4.69, 9.17) is 0 Å². The van der Waals surface area contributed by atoms with Gasteiger partial charge in [0.25, 0.3) is 0 Å². The first kappa shape index (κ1) is 9.41. The van der Waals surface area contributed by atoms with Crippen molar-refractivity contribution >= 4 is 27.2 Å². The smallest absolute Gasteiger partial charge is 0.161 e. The fourth-order valence-corrected chi connectivity index (χ4v) is 2.86. The normalized spacial score (nSPS) is 10.8. The largest absolute Gasteiger partial charge is 0.294 e. The minimum Gasteiger partial charge on any atom is -0.294 e. The third-order valence-electron chi connectivity index (χ3n) is 2.37. The second kappa shape index (κ2) is 3.21. The lowest BCUT2D eigenvalue weighted by Crippen LogP contribution is -1.91. The van der Waals surface area contributed by atoms with Crippen molar-refractivity contribution < 1.29 is 4.79 Å². The van der Waals surface area contributed by atoms with Crippen LogP contribution in [0.3, 0.4) is 0 Å². The highest BCUT2D eigenvalue weighted by molar-refractivity contribution is 7.19. The van der Waals surface area contributed by atoms with Crippen LogP contribution in [0.15, 0.2) is 18.2 Å². The molecule has 0 spiro atoms. The molecule has 1 heterocycles. The lowest BCUT2D eigenvalue weighted by molar-refractivity contribution is 0.101. The van der Waals surface area contributed by atoms with Crippen LogP contribution in [-0.4, -0.2) is 5.78 Å². The fraction of sp³-hybridized carbons (Fsp3) is 0.250. The first-order valence-corrected chi connectivity index (χ1v) is 5.42. The molecule has 0 aliphatic heterocycles. The standard InChI is InChI=1S/C12H12OS/c1-7-4-5-11-10(6-7)12(8(2)13)9(3)14-11/h4-6H,1-3H3. The minimum absolute atomic E-state index is 0.166. The summed E-state index contributed by atoms with van der Waals surface area (Å²) in [5.74, 6) is 0.166. The van der Waals surface area contributed by atoms with Gasteiger partial charge in [-0.2, -0.15) is 0 Å². The molecule has 2 rings (SSSR count). The Hall–Kier alpha value is -1.15. The Bertz CT molecular complexity index is 508. The van der Waals surface area contributed by atoms with Crippen LogP contribution in [0.2, 0.25) is 0 Å². The van der Waals surface area contributed by atoms with Crippen molar-refractivity contribution in [2.24, 2.45) is 0 Å². The van der Waals surface area contributed by atoms with E-state index < -0.39 is 0 Å². The van der Waals surface area contributed by atoms with Gasteiger partial charge in [-0.1, -0.05) is 11.6 Å². The summed E-state index contributed by atoms with van der Waals surface area (Å²) in [6.07, 6.45) is 0. The molecule has 0 radical (unpaired) electrons. The van der Waals surface area contributed by atoms with Gasteiger partial charge in [-0.15, -0.1) is 11.3 Å². The number of fused-ring (bicyclic) bond motifs is 1. The van der Waals surface area contributed by atoms with E-state index >= 15 is 0 Å². The monoisotopic (exact) mass is 204 g/mol. The van der Waals surface area contributed by atoms with Crippen LogP contribution < -0.4 is 0 Å². The molecule has 0 bridgehead atoms. The highest BCUT2D eigenvalue weighted by Gasteiger charge is 2.12. The second-order valence-electron chi connectivity index (χ2n) is 3.59. The summed E-state index contributed by atoms with van der Waals surface area (Å²) in [5.41, 5.74) is 2.10. The first-order valence-electron chi connectivity index (χ1n) is 4.60. The van der Waals surface area contributed by atoms with Gasteiger partial charge < -0.3 is 0 Å². The SMILES string of the molecule is CC(=O)c1c(C)sc2ccc(C)cc12. The predicted octanol–water partition coefficient (Wildman–Crippen LogP) is 3.72. The average Bonchev–Trinajstić information content (AvgIpc) is 2.40. The van der Waals surface area contributed by atoms with E-state index in [9.17, 15) is 4.79 Å². The molecule has 0 saturated heterocycles. The van der Waals surface area contributed by atoms with E-state index in [1.165, 1.54) is 10.3 Å². The Morgan fingerprint density at radius 2 is 2.00 bits per heavy atom. The molecule has 1 nitrogen and oxygen atoms in total. The number of benzene rings is 1. The quantitative estimate of drug-likeness (QED) is 0.647. The molecule has 0 atom stereocenters. The van der Waals surface area contributed by atoms with E-state index in [0.717, 1.165) is 15.8 Å². The third-order valence-corrected chi connectivity index (χ3v) is 3.46. The summed E-state index contributed by atoms with van der Waals surface area (Å²) < 4.78 is 1.21. The van der Waals surface area contributed by atoms with Gasteiger partial charge in [-0.05, 0) is 32.9 Å². The molecule has 2 heteroatoms. The van der Waals surface area contributed by atoms with Gasteiger partial charge in [0.1, 0.15) is 0 Å². The number of hydrogen-bond donors (Lipinski definition) is 0. The number of ketones is 1. The van der Waals surface area contributed by atoms with E-state index in [1.54, 1.807) is 18.3 Å². The first-order chi connectivity index (χ1) is 6.59. The molecule has 2 aromatic rings. The van der Waals surface area contributed by atoms with Crippen molar-refractivity contribution in [3.63, 3.8) is 0 Å². The van der Waals surface area contributed by atoms with Crippen molar-refractivity contribution in [2.45, 2.75) is 20.8 Å². The number of carbonyl (C=O) groups excluding carboxylic acids is 1. The van der Waals surface area contributed by atoms with Crippen LogP contribution in [0, 0.1) is 13.8 Å². The van der Waals surface area contributed by atoms with Crippen LogP contribution in [0.25, 0.3) is 10.1 Å². The summed E-state index contributed by atoms with van der Waals surface area (Å²) in [6, 6.07) is 6.27. The fourth-order valence-electron chi connectivity index (χ4n) is 1.77. The Balaban J connectivity index is 2.86. The maximum Gasteiger partial charge on any atom is 0.161 e. The number of thiophene rings is 1. The summed E-state index contributed by atoms with van der Waals surface area (Å²) in [5, 5.41) is 1.11. The van der Waals surface area contributed by atoms with E-state index in [1.807, 2.05) is 6.92 Å². The predicted molar refractivity (Wildman–Crippen MR) is 61.3 cm³/mol. The van der Waals surface area contributed by atoms with Crippen LogP contribution in [0.4, 0.5) is 0 Å². The number of Topliss-reactive ketones (excluding diaryl/α,β-unsaturated/α-hetero) is 1. The zero-order valence-corrected chi connectivity index (χ0v) is 9.37. The molecule has 0 N–H and O–H groups in total. The zero-order chi connectivity index (χ0) is 10.3. The molecule has 72 valence electrons. The average molecular weight is 204 g/mol. The molecule has 14 heavy (non-hydrogen) atoms. The van der Waals surface area contributed by atoms with Gasteiger partial charge in [0.2, 0.25) is 0 Å². The van der Waals surface area contributed by atoms with Crippen molar-refractivity contribution in [1.82, 2.24) is 0 Å². The molecule has 0 amide bonds. The lowest BCUT2D eigenvalue weighted by Gasteiger charge is -1.96. The van der Waals surface area contributed by atoms with Crippen molar-refractivity contribution in [3.05, 3.63) is 34.2 Å². The van der Waals surface area contributed by atoms with Gasteiger partial charge in [0.15, 0.2) is 5.78 Å². The molecular formula is C12H12OS. The Labute approximate surface area is 87.4 Å². The summed E-state index contributed by atoms with van der Waals surface area (Å²) in [7, 11) is 0. The Kier molecular flexibility index (Phi) is 2.16. The topological polar surface area (TPSA) is 17.1 Å². The maximum absolute atomic E-state index is 11.5. The lowest BCUT2D eigenvalue weighted by atomic mass is 10.1. The maximum atomic E-state index is 11.5. The molecule has 1 aromatic heterocycles. The van der Waals surface area contributed by atoms with E-state index in [-0.39, 0.29) is 5.78 Å². The molecule has 0 aliphatic carbocycles.